The van der Waals surface area contributed by atoms with Crippen molar-refractivity contribution in [3.63, 3.8) is 0 Å². The van der Waals surface area contributed by atoms with E-state index in [2.05, 4.69) is 23.0 Å². The molecule has 0 fully saturated rings. The lowest BCUT2D eigenvalue weighted by atomic mass is 10.6. The van der Waals surface area contributed by atoms with Gasteiger partial charge in [-0.1, -0.05) is 23.0 Å². The molecule has 0 nitrogen and oxygen atoms in total. The average molecular weight is 116 g/mol. The largest absolute Gasteiger partial charge is 0.235 e. The van der Waals surface area contributed by atoms with Gasteiger partial charge in [0.15, 0.2) is 0 Å². The summed E-state index contributed by atoms with van der Waals surface area (Å²) in [7, 11) is 1.66. The second-order valence-electron chi connectivity index (χ2n) is 1.35. The first-order chi connectivity index (χ1) is 2.89. The third-order valence-corrected chi connectivity index (χ3v) is 3.83. The molecule has 0 aliphatic carbocycles. The van der Waals surface area contributed by atoms with Gasteiger partial charge in [-0.2, -0.15) is 0 Å². The Balaban J connectivity index is 2.60. The van der Waals surface area contributed by atoms with Crippen LogP contribution in [0.25, 0.3) is 0 Å². The second-order valence-corrected chi connectivity index (χ2v) is 6.37. The molecule has 1 aliphatic rings. The summed E-state index contributed by atoms with van der Waals surface area (Å²) in [6.07, 6.45) is 4.28. The van der Waals surface area contributed by atoms with Crippen LogP contribution in [0.1, 0.15) is 0 Å². The SMILES string of the molecule is [SiH3][SH]1C=CC=C1. The van der Waals surface area contributed by atoms with E-state index in [0.717, 1.165) is 0 Å². The van der Waals surface area contributed by atoms with Crippen LogP contribution in [0.3, 0.4) is 0 Å². The highest BCUT2D eigenvalue weighted by Crippen LogP contribution is 2.25. The number of hydrogen-bond acceptors (Lipinski definition) is 0. The highest BCUT2D eigenvalue weighted by Gasteiger charge is 1.84. The molecule has 6 heavy (non-hydrogen) atoms. The summed E-state index contributed by atoms with van der Waals surface area (Å²) in [5.74, 6) is 0. The Hall–Kier alpha value is 0.0469. The summed E-state index contributed by atoms with van der Waals surface area (Å²) in [5.41, 5.74) is 0. The molecular formula is C4H8SSi. The van der Waals surface area contributed by atoms with Crippen LogP contribution < -0.4 is 0 Å². The van der Waals surface area contributed by atoms with E-state index >= 15 is 0 Å². The monoisotopic (exact) mass is 116 g/mol. The van der Waals surface area contributed by atoms with E-state index in [1.807, 2.05) is 0 Å². The smallest absolute Gasteiger partial charge is 0.0545 e. The van der Waals surface area contributed by atoms with Crippen LogP contribution in [0, 0.1) is 0 Å². The molecule has 0 aromatic rings. The van der Waals surface area contributed by atoms with E-state index in [-0.39, 0.29) is 0 Å². The highest BCUT2D eigenvalue weighted by molar-refractivity contribution is 8.39. The van der Waals surface area contributed by atoms with E-state index < -0.39 is 0 Å². The van der Waals surface area contributed by atoms with Crippen molar-refractivity contribution in [2.75, 3.05) is 0 Å². The lowest BCUT2D eigenvalue weighted by molar-refractivity contribution is 2.15. The Bertz CT molecular complexity index is 83.7. The lowest BCUT2D eigenvalue weighted by Gasteiger charge is -1.92. The summed E-state index contributed by atoms with van der Waals surface area (Å²) < 4.78 is 0. The van der Waals surface area contributed by atoms with Crippen molar-refractivity contribution < 1.29 is 0 Å². The van der Waals surface area contributed by atoms with Crippen LogP contribution in [0.2, 0.25) is 0 Å². The number of thiol groups is 1. The van der Waals surface area contributed by atoms with E-state index in [1.165, 1.54) is 9.39 Å². The van der Waals surface area contributed by atoms with Crippen LogP contribution in [0.4, 0.5) is 0 Å². The molecule has 34 valence electrons. The molecule has 0 bridgehead atoms. The van der Waals surface area contributed by atoms with Crippen LogP contribution >= 0.6 is 10.3 Å². The molecule has 0 N–H and O–H groups in total. The van der Waals surface area contributed by atoms with Gasteiger partial charge in [0.25, 0.3) is 0 Å². The summed E-state index contributed by atoms with van der Waals surface area (Å²) in [4.78, 5) is 0. The van der Waals surface area contributed by atoms with Gasteiger partial charge in [0.05, 0.1) is 9.39 Å². The maximum absolute atomic E-state index is 2.29. The quantitative estimate of drug-likeness (QED) is 0.342. The number of allylic oxidation sites excluding steroid dienone is 2. The molecule has 0 spiro atoms. The molecule has 0 aromatic carbocycles. The Morgan fingerprint density at radius 1 is 1.17 bits per heavy atom. The average Bonchev–Trinajstić information content (AvgIpc) is 1.86. The van der Waals surface area contributed by atoms with Crippen molar-refractivity contribution in [1.82, 2.24) is 0 Å². The van der Waals surface area contributed by atoms with Crippen LogP contribution in [0.15, 0.2) is 23.0 Å². The summed E-state index contributed by atoms with van der Waals surface area (Å²) in [5, 5.41) is 4.59. The lowest BCUT2D eigenvalue weighted by Crippen LogP contribution is -1.54. The molecule has 0 amide bonds. The van der Waals surface area contributed by atoms with E-state index in [4.69, 9.17) is 0 Å². The second kappa shape index (κ2) is 1.66. The van der Waals surface area contributed by atoms with Crippen LogP contribution in [-0.4, -0.2) is 9.39 Å². The van der Waals surface area contributed by atoms with Crippen LogP contribution in [0.5, 0.6) is 0 Å². The molecular weight excluding hydrogens is 108 g/mol. The van der Waals surface area contributed by atoms with Gasteiger partial charge in [-0.25, -0.2) is 10.3 Å². The Morgan fingerprint density at radius 3 is 1.83 bits per heavy atom. The zero-order chi connectivity index (χ0) is 4.41. The maximum atomic E-state index is 2.29. The van der Waals surface area contributed by atoms with Crippen LogP contribution in [-0.2, 0) is 0 Å². The molecule has 1 aliphatic heterocycles. The first-order valence-electron chi connectivity index (χ1n) is 1.96. The maximum Gasteiger partial charge on any atom is 0.0545 e. The van der Waals surface area contributed by atoms with Gasteiger partial charge in [0.2, 0.25) is 0 Å². The molecule has 0 saturated carbocycles. The zero-order valence-corrected chi connectivity index (χ0v) is 6.65. The standard InChI is InChI=1S/C4H8SSi/c6-5-3-1-2-4-5/h1-5H,6H3. The van der Waals surface area contributed by atoms with Gasteiger partial charge < -0.3 is 0 Å². The minimum absolute atomic E-state index is 0.313. The van der Waals surface area contributed by atoms with Crippen molar-refractivity contribution in [3.8, 4) is 0 Å². The first kappa shape index (κ1) is 4.21. The zero-order valence-electron chi connectivity index (χ0n) is 3.76. The molecule has 0 atom stereocenters. The van der Waals surface area contributed by atoms with E-state index in [1.54, 1.807) is 0 Å². The fourth-order valence-electron chi connectivity index (χ4n) is 0.421. The van der Waals surface area contributed by atoms with Gasteiger partial charge >= 0.3 is 0 Å². The van der Waals surface area contributed by atoms with E-state index in [0.29, 0.717) is 10.3 Å². The minimum Gasteiger partial charge on any atom is -0.235 e. The molecule has 1 heterocycles. The normalized spacial score (nSPS) is 23.7. The topological polar surface area (TPSA) is 0 Å². The van der Waals surface area contributed by atoms with E-state index in [9.17, 15) is 0 Å². The molecule has 2 heteroatoms. The van der Waals surface area contributed by atoms with Crippen molar-refractivity contribution in [1.29, 1.82) is 0 Å². The van der Waals surface area contributed by atoms with Gasteiger partial charge in [0, 0.05) is 0 Å². The van der Waals surface area contributed by atoms with Crippen molar-refractivity contribution >= 4 is 19.7 Å². The summed E-state index contributed by atoms with van der Waals surface area (Å²) in [6, 6.07) is 0. The third kappa shape index (κ3) is 0.757. The Labute approximate surface area is 43.4 Å². The molecule has 0 radical (unpaired) electrons. The summed E-state index contributed by atoms with van der Waals surface area (Å²) >= 11 is 0. The third-order valence-electron chi connectivity index (χ3n) is 0.754. The number of hydrogen-bond donors (Lipinski definition) is 1. The fraction of sp³-hybridized carbons (Fsp3) is 0. The van der Waals surface area contributed by atoms with Crippen molar-refractivity contribution in [2.45, 2.75) is 0 Å². The fourth-order valence-corrected chi connectivity index (χ4v) is 2.29. The molecule has 0 aromatic heterocycles. The number of rotatable bonds is 0. The predicted octanol–water partition coefficient (Wildman–Crippen LogP) is 0.309. The Kier molecular flexibility index (Phi) is 1.17. The van der Waals surface area contributed by atoms with Gasteiger partial charge in [0.1, 0.15) is 0 Å². The minimum atomic E-state index is 0.313. The molecule has 1 rings (SSSR count). The molecule has 0 unspecified atom stereocenters. The van der Waals surface area contributed by atoms with Gasteiger partial charge in [-0.15, -0.1) is 0 Å². The van der Waals surface area contributed by atoms with Gasteiger partial charge in [-0.3, -0.25) is 0 Å². The highest BCUT2D eigenvalue weighted by atomic mass is 32.4. The molecule has 0 saturated heterocycles. The first-order valence-corrected chi connectivity index (χ1v) is 6.57. The summed E-state index contributed by atoms with van der Waals surface area (Å²) in [6.45, 7) is 0. The van der Waals surface area contributed by atoms with Gasteiger partial charge in [-0.05, 0) is 0 Å². The van der Waals surface area contributed by atoms with Crippen molar-refractivity contribution in [3.05, 3.63) is 23.0 Å². The van der Waals surface area contributed by atoms with Crippen molar-refractivity contribution in [2.24, 2.45) is 0 Å². The Morgan fingerprint density at radius 2 is 1.67 bits per heavy atom. The predicted molar refractivity (Wildman–Crippen MR) is 37.2 cm³/mol.